The Balaban J connectivity index is 1.55. The minimum Gasteiger partial charge on any atom is -0.383 e. The lowest BCUT2D eigenvalue weighted by Gasteiger charge is -2.13. The van der Waals surface area contributed by atoms with Crippen molar-refractivity contribution in [3.63, 3.8) is 0 Å². The molecule has 0 atom stereocenters. The Kier molecular flexibility index (Phi) is 7.07. The molecule has 0 fully saturated rings. The number of rotatable bonds is 8. The van der Waals surface area contributed by atoms with Crippen LogP contribution in [0.5, 0.6) is 0 Å². The smallest absolute Gasteiger partial charge is 0.263 e. The molecule has 0 saturated heterocycles. The molecule has 1 amide bonds. The van der Waals surface area contributed by atoms with Crippen molar-refractivity contribution < 1.29 is 14.3 Å². The van der Waals surface area contributed by atoms with Gasteiger partial charge in [0.25, 0.3) is 5.56 Å². The quantitative estimate of drug-likeness (QED) is 0.304. The number of nitrogens with one attached hydrogen (secondary N) is 1. The van der Waals surface area contributed by atoms with Crippen molar-refractivity contribution in [3.05, 3.63) is 50.6 Å². The summed E-state index contributed by atoms with van der Waals surface area (Å²) in [7, 11) is 1.60. The van der Waals surface area contributed by atoms with Gasteiger partial charge in [0.2, 0.25) is 5.91 Å². The van der Waals surface area contributed by atoms with Crippen LogP contribution in [0, 0.1) is 0 Å². The number of carbonyl (C=O) groups is 2. The number of hydrogen-bond acceptors (Lipinski definition) is 7. The third-order valence-corrected chi connectivity index (χ3v) is 7.63. The first kappa shape index (κ1) is 22.7. The number of ether oxygens (including phenoxy) is 1. The van der Waals surface area contributed by atoms with Gasteiger partial charge in [-0.15, -0.1) is 11.3 Å². The number of ketones is 1. The number of thiophene rings is 1. The standard InChI is InChI=1S/C23H25N3O4S2/c1-14(27)15-7-9-16(10-8-15)24-19(28)13-31-23-25-21-20(22(29)26(23)11-12-30-2)17-5-3-4-6-18(17)32-21/h7-10H,3-6,11-13H2,1-2H3,(H,24,28). The van der Waals surface area contributed by atoms with Crippen LogP contribution in [-0.2, 0) is 28.9 Å². The molecule has 0 saturated carbocycles. The van der Waals surface area contributed by atoms with Crippen molar-refractivity contribution in [1.29, 1.82) is 0 Å². The Morgan fingerprint density at radius 2 is 1.97 bits per heavy atom. The number of amides is 1. The van der Waals surface area contributed by atoms with Crippen LogP contribution in [0.2, 0.25) is 0 Å². The summed E-state index contributed by atoms with van der Waals surface area (Å²) in [4.78, 5) is 44.0. The van der Waals surface area contributed by atoms with Gasteiger partial charge in [0, 0.05) is 23.2 Å². The van der Waals surface area contributed by atoms with E-state index in [4.69, 9.17) is 9.72 Å². The highest BCUT2D eigenvalue weighted by Crippen LogP contribution is 2.34. The molecule has 1 aliphatic carbocycles. The van der Waals surface area contributed by atoms with Crippen molar-refractivity contribution in [1.82, 2.24) is 9.55 Å². The number of carbonyl (C=O) groups excluding carboxylic acids is 2. The summed E-state index contributed by atoms with van der Waals surface area (Å²) in [5.74, 6) is -0.113. The fraction of sp³-hybridized carbons (Fsp3) is 0.391. The lowest BCUT2D eigenvalue weighted by molar-refractivity contribution is -0.113. The molecular weight excluding hydrogens is 446 g/mol. The molecule has 4 rings (SSSR count). The van der Waals surface area contributed by atoms with E-state index < -0.39 is 0 Å². The summed E-state index contributed by atoms with van der Waals surface area (Å²) in [6.07, 6.45) is 4.17. The number of methoxy groups -OCH3 is 1. The van der Waals surface area contributed by atoms with E-state index in [2.05, 4.69) is 5.32 Å². The Bertz CT molecular complexity index is 1210. The van der Waals surface area contributed by atoms with Crippen molar-refractivity contribution in [2.75, 3.05) is 24.8 Å². The van der Waals surface area contributed by atoms with E-state index in [1.165, 1.54) is 23.6 Å². The summed E-state index contributed by atoms with van der Waals surface area (Å²) < 4.78 is 6.83. The lowest BCUT2D eigenvalue weighted by Crippen LogP contribution is -2.26. The van der Waals surface area contributed by atoms with Crippen LogP contribution < -0.4 is 10.9 Å². The van der Waals surface area contributed by atoms with Crippen molar-refractivity contribution >= 4 is 50.7 Å². The maximum absolute atomic E-state index is 13.3. The topological polar surface area (TPSA) is 90.3 Å². The number of hydrogen-bond donors (Lipinski definition) is 1. The first-order valence-corrected chi connectivity index (χ1v) is 12.4. The molecule has 1 N–H and O–H groups in total. The third kappa shape index (κ3) is 4.79. The number of anilines is 1. The molecular formula is C23H25N3O4S2. The van der Waals surface area contributed by atoms with Crippen LogP contribution in [0.25, 0.3) is 10.2 Å². The molecule has 2 aromatic heterocycles. The van der Waals surface area contributed by atoms with Gasteiger partial charge in [-0.3, -0.25) is 19.0 Å². The summed E-state index contributed by atoms with van der Waals surface area (Å²) in [6, 6.07) is 6.77. The summed E-state index contributed by atoms with van der Waals surface area (Å²) in [5.41, 5.74) is 2.32. The molecule has 32 heavy (non-hydrogen) atoms. The van der Waals surface area contributed by atoms with Gasteiger partial charge >= 0.3 is 0 Å². The zero-order valence-corrected chi connectivity index (χ0v) is 19.7. The highest BCUT2D eigenvalue weighted by molar-refractivity contribution is 7.99. The molecule has 0 unspecified atom stereocenters. The van der Waals surface area contributed by atoms with E-state index in [1.807, 2.05) is 0 Å². The Morgan fingerprint density at radius 1 is 1.22 bits per heavy atom. The van der Waals surface area contributed by atoms with Crippen LogP contribution in [0.1, 0.15) is 40.6 Å². The second-order valence-corrected chi connectivity index (χ2v) is 9.73. The molecule has 0 aliphatic heterocycles. The summed E-state index contributed by atoms with van der Waals surface area (Å²) in [5, 5.41) is 4.09. The SMILES string of the molecule is COCCn1c(SCC(=O)Nc2ccc(C(C)=O)cc2)nc2sc3c(c2c1=O)CCCC3. The number of Topliss-reactive ketones (excluding diaryl/α,β-unsaturated/α-hetero) is 1. The van der Waals surface area contributed by atoms with Crippen LogP contribution in [0.4, 0.5) is 5.69 Å². The third-order valence-electron chi connectivity index (χ3n) is 5.47. The number of nitrogens with zero attached hydrogens (tertiary/aromatic N) is 2. The average Bonchev–Trinajstić information content (AvgIpc) is 3.16. The Morgan fingerprint density at radius 3 is 2.69 bits per heavy atom. The summed E-state index contributed by atoms with van der Waals surface area (Å²) >= 11 is 2.85. The zero-order chi connectivity index (χ0) is 22.7. The number of aryl methyl sites for hydroxylation is 2. The first-order chi connectivity index (χ1) is 15.5. The second kappa shape index (κ2) is 9.97. The highest BCUT2D eigenvalue weighted by Gasteiger charge is 2.22. The van der Waals surface area contributed by atoms with E-state index in [0.717, 1.165) is 41.5 Å². The van der Waals surface area contributed by atoms with E-state index in [9.17, 15) is 14.4 Å². The largest absolute Gasteiger partial charge is 0.383 e. The fourth-order valence-corrected chi connectivity index (χ4v) is 5.95. The minimum absolute atomic E-state index is 0.0239. The van der Waals surface area contributed by atoms with Crippen LogP contribution in [0.15, 0.2) is 34.2 Å². The van der Waals surface area contributed by atoms with E-state index in [1.54, 1.807) is 47.3 Å². The molecule has 1 aromatic carbocycles. The van der Waals surface area contributed by atoms with E-state index in [-0.39, 0.29) is 23.0 Å². The molecule has 0 bridgehead atoms. The Labute approximate surface area is 194 Å². The van der Waals surface area contributed by atoms with Crippen molar-refractivity contribution in [2.45, 2.75) is 44.3 Å². The van der Waals surface area contributed by atoms with Gasteiger partial charge in [-0.2, -0.15) is 0 Å². The van der Waals surface area contributed by atoms with Gasteiger partial charge in [-0.1, -0.05) is 11.8 Å². The molecule has 0 radical (unpaired) electrons. The average molecular weight is 472 g/mol. The van der Waals surface area contributed by atoms with Gasteiger partial charge in [0.05, 0.1) is 24.3 Å². The Hall–Kier alpha value is -2.49. The normalized spacial score (nSPS) is 13.2. The minimum atomic E-state index is -0.205. The van der Waals surface area contributed by atoms with Gasteiger partial charge in [-0.05, 0) is 62.4 Å². The number of fused-ring (bicyclic) bond motifs is 3. The molecule has 0 spiro atoms. The van der Waals surface area contributed by atoms with Gasteiger partial charge in [0.1, 0.15) is 4.83 Å². The van der Waals surface area contributed by atoms with E-state index >= 15 is 0 Å². The monoisotopic (exact) mass is 471 g/mol. The predicted octanol–water partition coefficient (Wildman–Crippen LogP) is 3.92. The van der Waals surface area contributed by atoms with Crippen LogP contribution in [0.3, 0.4) is 0 Å². The van der Waals surface area contributed by atoms with Crippen LogP contribution >= 0.6 is 23.1 Å². The maximum atomic E-state index is 13.3. The fourth-order valence-electron chi connectivity index (χ4n) is 3.83. The molecule has 2 heterocycles. The molecule has 168 valence electrons. The predicted molar refractivity (Wildman–Crippen MR) is 128 cm³/mol. The van der Waals surface area contributed by atoms with Gasteiger partial charge < -0.3 is 10.1 Å². The molecule has 7 nitrogen and oxygen atoms in total. The molecule has 9 heteroatoms. The van der Waals surface area contributed by atoms with Crippen molar-refractivity contribution in [2.24, 2.45) is 0 Å². The number of thioether (sulfide) groups is 1. The van der Waals surface area contributed by atoms with Gasteiger partial charge in [-0.25, -0.2) is 4.98 Å². The second-order valence-electron chi connectivity index (χ2n) is 7.71. The lowest BCUT2D eigenvalue weighted by atomic mass is 9.97. The van der Waals surface area contributed by atoms with Gasteiger partial charge in [0.15, 0.2) is 10.9 Å². The van der Waals surface area contributed by atoms with Crippen LogP contribution in [-0.4, -0.2) is 40.7 Å². The van der Waals surface area contributed by atoms with Crippen molar-refractivity contribution in [3.8, 4) is 0 Å². The number of benzene rings is 1. The highest BCUT2D eigenvalue weighted by atomic mass is 32.2. The molecule has 3 aromatic rings. The number of aromatic nitrogens is 2. The van der Waals surface area contributed by atoms with E-state index in [0.29, 0.717) is 29.6 Å². The maximum Gasteiger partial charge on any atom is 0.263 e. The summed E-state index contributed by atoms with van der Waals surface area (Å²) in [6.45, 7) is 2.28. The molecule has 1 aliphatic rings. The first-order valence-electron chi connectivity index (χ1n) is 10.6. The zero-order valence-electron chi connectivity index (χ0n) is 18.1.